The van der Waals surface area contributed by atoms with Crippen molar-refractivity contribution in [3.05, 3.63) is 34.9 Å². The summed E-state index contributed by atoms with van der Waals surface area (Å²) in [6.45, 7) is 9.01. The van der Waals surface area contributed by atoms with Crippen LogP contribution in [0.2, 0.25) is 5.02 Å². The maximum atomic E-state index is 6.13. The van der Waals surface area contributed by atoms with Gasteiger partial charge in [0.05, 0.1) is 12.7 Å². The maximum absolute atomic E-state index is 6.13. The lowest BCUT2D eigenvalue weighted by molar-refractivity contribution is -0.0372. The van der Waals surface area contributed by atoms with Gasteiger partial charge in [-0.05, 0) is 25.5 Å². The molecule has 1 aliphatic heterocycles. The SMILES string of the molecule is CC(C)N1CCOC(CNCc2ccccc2Cl)C1. The topological polar surface area (TPSA) is 24.5 Å². The number of rotatable bonds is 5. The summed E-state index contributed by atoms with van der Waals surface area (Å²) in [6.07, 6.45) is 0.277. The van der Waals surface area contributed by atoms with Crippen molar-refractivity contribution in [2.24, 2.45) is 0 Å². The maximum Gasteiger partial charge on any atom is 0.0826 e. The summed E-state index contributed by atoms with van der Waals surface area (Å²) in [5.41, 5.74) is 1.14. The first-order valence-corrected chi connectivity index (χ1v) is 7.34. The normalized spacial score (nSPS) is 20.9. The van der Waals surface area contributed by atoms with Crippen LogP contribution in [0.15, 0.2) is 24.3 Å². The van der Waals surface area contributed by atoms with Gasteiger partial charge in [-0.2, -0.15) is 0 Å². The van der Waals surface area contributed by atoms with Gasteiger partial charge in [0.2, 0.25) is 0 Å². The lowest BCUT2D eigenvalue weighted by atomic mass is 10.2. The zero-order valence-electron chi connectivity index (χ0n) is 11.7. The monoisotopic (exact) mass is 282 g/mol. The summed E-state index contributed by atoms with van der Waals surface area (Å²) < 4.78 is 5.79. The summed E-state index contributed by atoms with van der Waals surface area (Å²) in [5.74, 6) is 0. The Bertz CT molecular complexity index is 397. The first kappa shape index (κ1) is 14.8. The highest BCUT2D eigenvalue weighted by molar-refractivity contribution is 6.31. The van der Waals surface area contributed by atoms with Crippen LogP contribution in [-0.4, -0.2) is 43.3 Å². The highest BCUT2D eigenvalue weighted by Crippen LogP contribution is 2.14. The van der Waals surface area contributed by atoms with Crippen LogP contribution in [0.25, 0.3) is 0 Å². The van der Waals surface area contributed by atoms with Gasteiger partial charge in [-0.3, -0.25) is 4.90 Å². The van der Waals surface area contributed by atoms with Gasteiger partial charge in [0, 0.05) is 37.2 Å². The van der Waals surface area contributed by atoms with E-state index in [0.717, 1.165) is 43.4 Å². The minimum absolute atomic E-state index is 0.277. The molecule has 1 saturated heterocycles. The van der Waals surface area contributed by atoms with Gasteiger partial charge in [0.1, 0.15) is 0 Å². The van der Waals surface area contributed by atoms with Crippen LogP contribution in [0.4, 0.5) is 0 Å². The molecular weight excluding hydrogens is 260 g/mol. The molecule has 0 bridgehead atoms. The molecule has 2 rings (SSSR count). The molecule has 19 heavy (non-hydrogen) atoms. The number of nitrogens with zero attached hydrogens (tertiary/aromatic N) is 1. The smallest absolute Gasteiger partial charge is 0.0826 e. The molecule has 1 unspecified atom stereocenters. The second-order valence-corrected chi connectivity index (χ2v) is 5.71. The zero-order chi connectivity index (χ0) is 13.7. The van der Waals surface area contributed by atoms with Crippen molar-refractivity contribution < 1.29 is 4.74 Å². The van der Waals surface area contributed by atoms with Crippen molar-refractivity contribution in [3.63, 3.8) is 0 Å². The number of hydrogen-bond donors (Lipinski definition) is 1. The third-order valence-electron chi connectivity index (χ3n) is 3.55. The molecule has 1 aromatic rings. The predicted octanol–water partition coefficient (Wildman–Crippen LogP) is 2.54. The summed E-state index contributed by atoms with van der Waals surface area (Å²) in [6, 6.07) is 8.54. The van der Waals surface area contributed by atoms with Crippen LogP contribution in [0.5, 0.6) is 0 Å². The first-order valence-electron chi connectivity index (χ1n) is 6.96. The summed E-state index contributed by atoms with van der Waals surface area (Å²) in [4.78, 5) is 2.46. The fourth-order valence-electron chi connectivity index (χ4n) is 2.34. The van der Waals surface area contributed by atoms with E-state index in [2.05, 4.69) is 30.1 Å². The Balaban J connectivity index is 1.75. The Morgan fingerprint density at radius 2 is 2.21 bits per heavy atom. The number of hydrogen-bond acceptors (Lipinski definition) is 3. The van der Waals surface area contributed by atoms with Crippen molar-refractivity contribution in [1.82, 2.24) is 10.2 Å². The molecule has 1 aliphatic rings. The quantitative estimate of drug-likeness (QED) is 0.898. The van der Waals surface area contributed by atoms with Crippen LogP contribution in [0.3, 0.4) is 0 Å². The third-order valence-corrected chi connectivity index (χ3v) is 3.91. The molecule has 0 amide bonds. The zero-order valence-corrected chi connectivity index (χ0v) is 12.5. The molecule has 0 saturated carbocycles. The number of benzene rings is 1. The molecule has 1 N–H and O–H groups in total. The molecule has 1 aromatic carbocycles. The molecule has 3 nitrogen and oxygen atoms in total. The first-order chi connectivity index (χ1) is 9.16. The Hall–Kier alpha value is -0.610. The fourth-order valence-corrected chi connectivity index (χ4v) is 2.55. The lowest BCUT2D eigenvalue weighted by Gasteiger charge is -2.35. The van der Waals surface area contributed by atoms with Gasteiger partial charge >= 0.3 is 0 Å². The molecule has 0 radical (unpaired) electrons. The van der Waals surface area contributed by atoms with Gasteiger partial charge in [-0.25, -0.2) is 0 Å². The van der Waals surface area contributed by atoms with E-state index in [9.17, 15) is 0 Å². The fraction of sp³-hybridized carbons (Fsp3) is 0.600. The molecule has 0 aliphatic carbocycles. The van der Waals surface area contributed by atoms with E-state index in [1.807, 2.05) is 18.2 Å². The van der Waals surface area contributed by atoms with Gasteiger partial charge in [-0.1, -0.05) is 29.8 Å². The van der Waals surface area contributed by atoms with Gasteiger partial charge in [0.15, 0.2) is 0 Å². The highest BCUT2D eigenvalue weighted by Gasteiger charge is 2.21. The molecular formula is C15H23ClN2O. The molecule has 1 fully saturated rings. The van der Waals surface area contributed by atoms with Crippen LogP contribution in [0.1, 0.15) is 19.4 Å². The average molecular weight is 283 g/mol. The summed E-state index contributed by atoms with van der Waals surface area (Å²) in [5, 5.41) is 4.26. The van der Waals surface area contributed by atoms with E-state index in [1.54, 1.807) is 0 Å². The van der Waals surface area contributed by atoms with Crippen molar-refractivity contribution in [3.8, 4) is 0 Å². The molecule has 0 aromatic heterocycles. The number of ether oxygens (including phenoxy) is 1. The molecule has 1 heterocycles. The van der Waals surface area contributed by atoms with E-state index >= 15 is 0 Å². The van der Waals surface area contributed by atoms with Crippen molar-refractivity contribution in [2.75, 3.05) is 26.2 Å². The minimum atomic E-state index is 0.277. The van der Waals surface area contributed by atoms with Crippen LogP contribution in [-0.2, 0) is 11.3 Å². The molecule has 0 spiro atoms. The van der Waals surface area contributed by atoms with Crippen molar-refractivity contribution in [2.45, 2.75) is 32.5 Å². The second-order valence-electron chi connectivity index (χ2n) is 5.30. The predicted molar refractivity (Wildman–Crippen MR) is 79.6 cm³/mol. The number of halogens is 1. The Kier molecular flexibility index (Phi) is 5.64. The summed E-state index contributed by atoms with van der Waals surface area (Å²) >= 11 is 6.13. The van der Waals surface area contributed by atoms with Gasteiger partial charge < -0.3 is 10.1 Å². The Labute approximate surface area is 120 Å². The highest BCUT2D eigenvalue weighted by atomic mass is 35.5. The standard InChI is InChI=1S/C15H23ClN2O/c1-12(2)18-7-8-19-14(11-18)10-17-9-13-5-3-4-6-15(13)16/h3-6,12,14,17H,7-11H2,1-2H3. The Morgan fingerprint density at radius 3 is 2.95 bits per heavy atom. The van der Waals surface area contributed by atoms with Gasteiger partial charge in [0.25, 0.3) is 0 Å². The van der Waals surface area contributed by atoms with Crippen LogP contribution < -0.4 is 5.32 Å². The van der Waals surface area contributed by atoms with Crippen LogP contribution >= 0.6 is 11.6 Å². The second kappa shape index (κ2) is 7.25. The number of nitrogens with one attached hydrogen (secondary N) is 1. The van der Waals surface area contributed by atoms with E-state index < -0.39 is 0 Å². The van der Waals surface area contributed by atoms with Crippen molar-refractivity contribution >= 4 is 11.6 Å². The average Bonchev–Trinajstić information content (AvgIpc) is 2.41. The van der Waals surface area contributed by atoms with E-state index in [0.29, 0.717) is 6.04 Å². The minimum Gasteiger partial charge on any atom is -0.374 e. The largest absolute Gasteiger partial charge is 0.374 e. The van der Waals surface area contributed by atoms with Crippen LogP contribution in [0, 0.1) is 0 Å². The molecule has 1 atom stereocenters. The van der Waals surface area contributed by atoms with E-state index in [-0.39, 0.29) is 6.10 Å². The van der Waals surface area contributed by atoms with Gasteiger partial charge in [-0.15, -0.1) is 0 Å². The van der Waals surface area contributed by atoms with Crippen molar-refractivity contribution in [1.29, 1.82) is 0 Å². The molecule has 4 heteroatoms. The Morgan fingerprint density at radius 1 is 1.42 bits per heavy atom. The number of morpholine rings is 1. The van der Waals surface area contributed by atoms with E-state index in [1.165, 1.54) is 0 Å². The third kappa shape index (κ3) is 4.46. The van der Waals surface area contributed by atoms with E-state index in [4.69, 9.17) is 16.3 Å². The summed E-state index contributed by atoms with van der Waals surface area (Å²) in [7, 11) is 0. The molecule has 106 valence electrons. The lowest BCUT2D eigenvalue weighted by Crippen LogP contribution is -2.48.